The Balaban J connectivity index is 1.52. The molecule has 3 heterocycles. The van der Waals surface area contributed by atoms with Crippen molar-refractivity contribution < 1.29 is 31.5 Å². The summed E-state index contributed by atoms with van der Waals surface area (Å²) in [6.07, 6.45) is -2.10. The predicted molar refractivity (Wildman–Crippen MR) is 99.6 cm³/mol. The molecule has 2 aliphatic heterocycles. The summed E-state index contributed by atoms with van der Waals surface area (Å²) in [6, 6.07) is -2.33. The second-order valence-electron chi connectivity index (χ2n) is 8.39. The van der Waals surface area contributed by atoms with E-state index in [9.17, 15) is 26.7 Å². The van der Waals surface area contributed by atoms with Gasteiger partial charge in [-0.1, -0.05) is 13.8 Å². The molecule has 2 unspecified atom stereocenters. The van der Waals surface area contributed by atoms with E-state index in [-0.39, 0.29) is 11.6 Å². The molecule has 31 heavy (non-hydrogen) atoms. The van der Waals surface area contributed by atoms with Gasteiger partial charge in [0, 0.05) is 48.4 Å². The number of amides is 2. The van der Waals surface area contributed by atoms with Crippen molar-refractivity contribution in [2.24, 2.45) is 0 Å². The van der Waals surface area contributed by atoms with Gasteiger partial charge >= 0.3 is 12.2 Å². The van der Waals surface area contributed by atoms with Crippen LogP contribution < -0.4 is 15.4 Å². The minimum absolute atomic E-state index is 0.0219. The molecule has 1 aromatic carbocycles. The van der Waals surface area contributed by atoms with Gasteiger partial charge in [0.25, 0.3) is 0 Å². The Labute approximate surface area is 174 Å². The molecule has 0 saturated heterocycles. The molecular formula is C20H21F5N4O2. The van der Waals surface area contributed by atoms with Crippen LogP contribution in [-0.4, -0.2) is 39.9 Å². The first-order valence-electron chi connectivity index (χ1n) is 9.76. The van der Waals surface area contributed by atoms with Crippen LogP contribution in [0.25, 0.3) is 0 Å². The molecule has 0 spiro atoms. The summed E-state index contributed by atoms with van der Waals surface area (Å²) in [5.41, 5.74) is -1.44. The summed E-state index contributed by atoms with van der Waals surface area (Å²) >= 11 is 0. The third-order valence-electron chi connectivity index (χ3n) is 5.87. The Hall–Kier alpha value is -2.85. The number of urea groups is 1. The zero-order valence-electron chi connectivity index (χ0n) is 16.8. The van der Waals surface area contributed by atoms with Crippen molar-refractivity contribution in [1.29, 1.82) is 0 Å². The lowest BCUT2D eigenvalue weighted by Crippen LogP contribution is -2.61. The van der Waals surface area contributed by atoms with Gasteiger partial charge in [0.2, 0.25) is 0 Å². The van der Waals surface area contributed by atoms with Gasteiger partial charge in [-0.25, -0.2) is 18.6 Å². The number of fused-ring (bicyclic) bond motifs is 2. The summed E-state index contributed by atoms with van der Waals surface area (Å²) in [6.45, 7) is 3.17. The standard InChI is InChI=1S/C20H21F5N4O2/c1-19(2)12-7-10(21)8-13(22)15(12)31-17(19)16(20(23,24)25)28-18(30)27-11-3-4-14-26-5-6-29(14)9-11/h5-8,11,16-17H,3-4,9H2,1-2H3,(H2,27,28,30)/t11?,16-,17?/m1/s1. The first-order valence-corrected chi connectivity index (χ1v) is 9.76. The maximum absolute atomic E-state index is 14.1. The lowest BCUT2D eigenvalue weighted by molar-refractivity contribution is -0.175. The number of imidazole rings is 1. The molecular weight excluding hydrogens is 423 g/mol. The summed E-state index contributed by atoms with van der Waals surface area (Å²) in [5, 5.41) is 4.50. The zero-order valence-corrected chi connectivity index (χ0v) is 16.8. The van der Waals surface area contributed by atoms with Gasteiger partial charge in [-0.05, 0) is 12.5 Å². The average molecular weight is 444 g/mol. The number of aryl methyl sites for hydroxylation is 1. The topological polar surface area (TPSA) is 68.2 Å². The molecule has 168 valence electrons. The normalized spacial score (nSPS) is 22.8. The number of aromatic nitrogens is 2. The number of carbonyl (C=O) groups is 1. The van der Waals surface area contributed by atoms with Gasteiger partial charge < -0.3 is 19.9 Å². The molecule has 0 bridgehead atoms. The van der Waals surface area contributed by atoms with Crippen LogP contribution in [0.4, 0.5) is 26.7 Å². The van der Waals surface area contributed by atoms with Crippen LogP contribution in [0.15, 0.2) is 24.5 Å². The van der Waals surface area contributed by atoms with Crippen molar-refractivity contribution in [3.8, 4) is 5.75 Å². The van der Waals surface area contributed by atoms with E-state index in [1.807, 2.05) is 9.88 Å². The summed E-state index contributed by atoms with van der Waals surface area (Å²) < 4.78 is 76.7. The van der Waals surface area contributed by atoms with Crippen molar-refractivity contribution in [2.75, 3.05) is 0 Å². The lowest BCUT2D eigenvalue weighted by Gasteiger charge is -2.35. The van der Waals surface area contributed by atoms with Crippen molar-refractivity contribution in [3.05, 3.63) is 47.5 Å². The predicted octanol–water partition coefficient (Wildman–Crippen LogP) is 3.45. The first kappa shape index (κ1) is 21.4. The Morgan fingerprint density at radius 1 is 1.32 bits per heavy atom. The van der Waals surface area contributed by atoms with Crippen LogP contribution in [0.3, 0.4) is 0 Å². The van der Waals surface area contributed by atoms with E-state index in [2.05, 4.69) is 10.3 Å². The van der Waals surface area contributed by atoms with Crippen molar-refractivity contribution in [1.82, 2.24) is 20.2 Å². The number of halogens is 5. The maximum Gasteiger partial charge on any atom is 0.412 e. The molecule has 0 aliphatic carbocycles. The molecule has 2 amide bonds. The van der Waals surface area contributed by atoms with E-state index in [1.54, 1.807) is 12.4 Å². The molecule has 2 aliphatic rings. The van der Waals surface area contributed by atoms with Crippen LogP contribution in [0.1, 0.15) is 31.7 Å². The van der Waals surface area contributed by atoms with E-state index in [1.165, 1.54) is 13.8 Å². The van der Waals surface area contributed by atoms with Gasteiger partial charge in [0.15, 0.2) is 17.6 Å². The van der Waals surface area contributed by atoms with Gasteiger partial charge in [0.1, 0.15) is 17.7 Å². The molecule has 0 saturated carbocycles. The highest BCUT2D eigenvalue weighted by atomic mass is 19.4. The quantitative estimate of drug-likeness (QED) is 0.713. The summed E-state index contributed by atoms with van der Waals surface area (Å²) in [5.74, 6) is -1.60. The third-order valence-corrected chi connectivity index (χ3v) is 5.87. The molecule has 2 aromatic rings. The number of benzene rings is 1. The van der Waals surface area contributed by atoms with E-state index >= 15 is 0 Å². The highest BCUT2D eigenvalue weighted by Gasteiger charge is 2.56. The summed E-state index contributed by atoms with van der Waals surface area (Å²) in [4.78, 5) is 16.6. The molecule has 4 rings (SSSR count). The Kier molecular flexibility index (Phi) is 5.09. The van der Waals surface area contributed by atoms with Crippen LogP contribution in [0.2, 0.25) is 0 Å². The fourth-order valence-corrected chi connectivity index (χ4v) is 4.25. The Morgan fingerprint density at radius 2 is 2.06 bits per heavy atom. The number of alkyl halides is 3. The van der Waals surface area contributed by atoms with E-state index in [0.717, 1.165) is 11.9 Å². The SMILES string of the molecule is CC1(C)c2cc(F)cc(F)c2OC1[C@@H](NC(=O)NC1CCc2nccn2C1)C(F)(F)F. The summed E-state index contributed by atoms with van der Waals surface area (Å²) in [7, 11) is 0. The van der Waals surface area contributed by atoms with E-state index in [4.69, 9.17) is 4.74 Å². The molecule has 1 aromatic heterocycles. The number of rotatable bonds is 3. The lowest BCUT2D eigenvalue weighted by atomic mass is 9.78. The smallest absolute Gasteiger partial charge is 0.412 e. The molecule has 0 fully saturated rings. The van der Waals surface area contributed by atoms with Gasteiger partial charge in [-0.15, -0.1) is 0 Å². The Bertz CT molecular complexity index is 1000. The molecule has 3 atom stereocenters. The van der Waals surface area contributed by atoms with Crippen LogP contribution in [0, 0.1) is 11.6 Å². The monoisotopic (exact) mass is 444 g/mol. The number of nitrogens with one attached hydrogen (secondary N) is 2. The highest BCUT2D eigenvalue weighted by Crippen LogP contribution is 2.47. The fraction of sp³-hybridized carbons (Fsp3) is 0.500. The second-order valence-corrected chi connectivity index (χ2v) is 8.39. The molecule has 11 heteroatoms. The van der Waals surface area contributed by atoms with Crippen molar-refractivity contribution >= 4 is 6.03 Å². The van der Waals surface area contributed by atoms with E-state index < -0.39 is 47.2 Å². The van der Waals surface area contributed by atoms with Gasteiger partial charge in [0.05, 0.1) is 0 Å². The second kappa shape index (κ2) is 7.38. The molecule has 2 N–H and O–H groups in total. The maximum atomic E-state index is 14.1. The minimum Gasteiger partial charge on any atom is -0.484 e. The fourth-order valence-electron chi connectivity index (χ4n) is 4.25. The van der Waals surface area contributed by atoms with E-state index in [0.29, 0.717) is 25.5 Å². The van der Waals surface area contributed by atoms with Gasteiger partial charge in [-0.2, -0.15) is 13.2 Å². The van der Waals surface area contributed by atoms with Crippen LogP contribution >= 0.6 is 0 Å². The third kappa shape index (κ3) is 3.92. The van der Waals surface area contributed by atoms with Gasteiger partial charge in [-0.3, -0.25) is 0 Å². The molecule has 6 nitrogen and oxygen atoms in total. The van der Waals surface area contributed by atoms with Crippen molar-refractivity contribution in [3.63, 3.8) is 0 Å². The largest absolute Gasteiger partial charge is 0.484 e. The van der Waals surface area contributed by atoms with Crippen LogP contribution in [-0.2, 0) is 18.4 Å². The zero-order chi connectivity index (χ0) is 22.6. The number of nitrogens with zero attached hydrogens (tertiary/aromatic N) is 2. The minimum atomic E-state index is -4.89. The highest BCUT2D eigenvalue weighted by molar-refractivity contribution is 5.75. The number of hydrogen-bond acceptors (Lipinski definition) is 3. The number of ether oxygens (including phenoxy) is 1. The molecule has 0 radical (unpaired) electrons. The van der Waals surface area contributed by atoms with Crippen LogP contribution in [0.5, 0.6) is 5.75 Å². The Morgan fingerprint density at radius 3 is 2.77 bits per heavy atom. The number of carbonyl (C=O) groups excluding carboxylic acids is 1. The number of hydrogen-bond donors (Lipinski definition) is 2. The average Bonchev–Trinajstić information content (AvgIpc) is 3.21. The van der Waals surface area contributed by atoms with Crippen molar-refractivity contribution in [2.45, 2.75) is 63.0 Å². The first-order chi connectivity index (χ1) is 14.5.